The molecule has 1 amide bonds. The van der Waals surface area contributed by atoms with Gasteiger partial charge in [-0.2, -0.15) is 0 Å². The highest BCUT2D eigenvalue weighted by molar-refractivity contribution is 5.83. The van der Waals surface area contributed by atoms with E-state index in [4.69, 9.17) is 4.74 Å². The molecule has 142 valence electrons. The van der Waals surface area contributed by atoms with Crippen LogP contribution in [0.15, 0.2) is 91.0 Å². The van der Waals surface area contributed by atoms with Crippen LogP contribution < -0.4 is 5.32 Å². The highest BCUT2D eigenvalue weighted by Crippen LogP contribution is 2.28. The number of ether oxygens (including phenoxy) is 1. The van der Waals surface area contributed by atoms with E-state index < -0.39 is 6.10 Å². The fourth-order valence-electron chi connectivity index (χ4n) is 3.56. The molecule has 0 unspecified atom stereocenters. The number of benzene rings is 3. The van der Waals surface area contributed by atoms with E-state index in [1.54, 1.807) is 0 Å². The summed E-state index contributed by atoms with van der Waals surface area (Å²) in [5.74, 6) is 0.0207. The molecular weight excluding hydrogens is 348 g/mol. The second-order valence-corrected chi connectivity index (χ2v) is 6.94. The van der Waals surface area contributed by atoms with Crippen LogP contribution in [0.4, 0.5) is 5.69 Å². The largest absolute Gasteiger partial charge is 0.375 e. The Bertz CT molecular complexity index is 884. The van der Waals surface area contributed by atoms with Gasteiger partial charge in [0.15, 0.2) is 6.10 Å². The molecule has 1 aliphatic rings. The zero-order valence-electron chi connectivity index (χ0n) is 15.7. The van der Waals surface area contributed by atoms with Gasteiger partial charge in [-0.3, -0.25) is 4.79 Å². The van der Waals surface area contributed by atoms with Gasteiger partial charge >= 0.3 is 0 Å². The average Bonchev–Trinajstić information content (AvgIpc) is 2.76. The summed E-state index contributed by atoms with van der Waals surface area (Å²) in [6.45, 7) is 1.74. The van der Waals surface area contributed by atoms with E-state index in [1.807, 2.05) is 83.8 Å². The Hall–Kier alpha value is -3.11. The number of amides is 1. The molecule has 0 aliphatic carbocycles. The number of morpholine rings is 1. The van der Waals surface area contributed by atoms with Crippen molar-refractivity contribution in [1.29, 1.82) is 0 Å². The molecule has 0 radical (unpaired) electrons. The second kappa shape index (κ2) is 8.72. The molecule has 2 atom stereocenters. The Kier molecular flexibility index (Phi) is 5.69. The van der Waals surface area contributed by atoms with Gasteiger partial charge in [-0.05, 0) is 23.3 Å². The van der Waals surface area contributed by atoms with Crippen molar-refractivity contribution in [3.63, 3.8) is 0 Å². The number of nitrogens with one attached hydrogen (secondary N) is 1. The number of anilines is 1. The molecule has 4 nitrogen and oxygen atoms in total. The summed E-state index contributed by atoms with van der Waals surface area (Å²) in [5, 5.41) is 3.51. The summed E-state index contributed by atoms with van der Waals surface area (Å²) in [7, 11) is 0. The van der Waals surface area contributed by atoms with Crippen molar-refractivity contribution >= 4 is 11.6 Å². The molecule has 4 rings (SSSR count). The normalized spacial score (nSPS) is 17.9. The molecule has 1 heterocycles. The third-order valence-electron chi connectivity index (χ3n) is 4.99. The van der Waals surface area contributed by atoms with Gasteiger partial charge in [-0.25, -0.2) is 0 Å². The fraction of sp³-hybridized carbons (Fsp3) is 0.208. The quantitative estimate of drug-likeness (QED) is 0.703. The first kappa shape index (κ1) is 18.3. The molecule has 0 saturated carbocycles. The Labute approximate surface area is 165 Å². The van der Waals surface area contributed by atoms with Crippen LogP contribution in [0.5, 0.6) is 0 Å². The summed E-state index contributed by atoms with van der Waals surface area (Å²) < 4.78 is 5.99. The summed E-state index contributed by atoms with van der Waals surface area (Å²) in [4.78, 5) is 15.2. The first-order valence-electron chi connectivity index (χ1n) is 9.62. The van der Waals surface area contributed by atoms with Crippen molar-refractivity contribution < 1.29 is 9.53 Å². The third kappa shape index (κ3) is 4.24. The number of hydrogen-bond donors (Lipinski definition) is 1. The van der Waals surface area contributed by atoms with Crippen LogP contribution in [0.3, 0.4) is 0 Å². The Morgan fingerprint density at radius 3 is 2.18 bits per heavy atom. The van der Waals surface area contributed by atoms with E-state index in [0.717, 1.165) is 16.8 Å². The van der Waals surface area contributed by atoms with Gasteiger partial charge in [0.25, 0.3) is 5.91 Å². The van der Waals surface area contributed by atoms with Gasteiger partial charge in [-0.1, -0.05) is 78.9 Å². The molecule has 3 aromatic carbocycles. The minimum atomic E-state index is -0.569. The monoisotopic (exact) mass is 372 g/mol. The molecule has 0 spiro atoms. The molecule has 28 heavy (non-hydrogen) atoms. The first-order valence-corrected chi connectivity index (χ1v) is 9.62. The molecular formula is C24H24N2O2. The van der Waals surface area contributed by atoms with Crippen molar-refractivity contribution in [1.82, 2.24) is 4.90 Å². The topological polar surface area (TPSA) is 41.6 Å². The van der Waals surface area contributed by atoms with Crippen LogP contribution >= 0.6 is 0 Å². The minimum Gasteiger partial charge on any atom is -0.375 e. The van der Waals surface area contributed by atoms with Gasteiger partial charge in [0.1, 0.15) is 0 Å². The Morgan fingerprint density at radius 1 is 0.893 bits per heavy atom. The van der Waals surface area contributed by atoms with Crippen molar-refractivity contribution in [3.8, 4) is 0 Å². The number of nitrogens with zero attached hydrogens (tertiary/aromatic N) is 1. The minimum absolute atomic E-state index is 0.0207. The van der Waals surface area contributed by atoms with Gasteiger partial charge in [0.2, 0.25) is 0 Å². The van der Waals surface area contributed by atoms with Crippen LogP contribution in [0.2, 0.25) is 0 Å². The summed E-state index contributed by atoms with van der Waals surface area (Å²) >= 11 is 0. The van der Waals surface area contributed by atoms with E-state index in [9.17, 15) is 4.79 Å². The number of hydrogen-bond acceptors (Lipinski definition) is 3. The van der Waals surface area contributed by atoms with Crippen molar-refractivity contribution in [2.75, 3.05) is 18.5 Å². The fourth-order valence-corrected chi connectivity index (χ4v) is 3.56. The van der Waals surface area contributed by atoms with E-state index >= 15 is 0 Å². The molecule has 0 bridgehead atoms. The maximum atomic E-state index is 13.3. The Balaban J connectivity index is 1.58. The van der Waals surface area contributed by atoms with Crippen LogP contribution in [0.25, 0.3) is 0 Å². The van der Waals surface area contributed by atoms with Crippen LogP contribution in [-0.2, 0) is 16.1 Å². The number of carbonyl (C=O) groups excluding carboxylic acids is 1. The highest BCUT2D eigenvalue weighted by atomic mass is 16.5. The van der Waals surface area contributed by atoms with Gasteiger partial charge in [0.05, 0.1) is 12.6 Å². The predicted molar refractivity (Wildman–Crippen MR) is 111 cm³/mol. The average molecular weight is 372 g/mol. The molecule has 1 saturated heterocycles. The van der Waals surface area contributed by atoms with Gasteiger partial charge < -0.3 is 15.0 Å². The van der Waals surface area contributed by atoms with Crippen LogP contribution in [0, 0.1) is 0 Å². The zero-order chi connectivity index (χ0) is 19.2. The summed E-state index contributed by atoms with van der Waals surface area (Å²) in [6, 6.07) is 29.8. The van der Waals surface area contributed by atoms with E-state index in [1.165, 1.54) is 0 Å². The third-order valence-corrected chi connectivity index (χ3v) is 4.99. The van der Waals surface area contributed by atoms with E-state index in [2.05, 4.69) is 17.4 Å². The van der Waals surface area contributed by atoms with Crippen LogP contribution in [0.1, 0.15) is 17.2 Å². The number of carbonyl (C=O) groups is 1. The number of para-hydroxylation sites is 1. The molecule has 4 heteroatoms. The lowest BCUT2D eigenvalue weighted by molar-refractivity contribution is -0.155. The summed E-state index contributed by atoms with van der Waals surface area (Å²) in [6.07, 6.45) is -0.569. The first-order chi connectivity index (χ1) is 13.8. The van der Waals surface area contributed by atoms with Crippen LogP contribution in [-0.4, -0.2) is 30.1 Å². The van der Waals surface area contributed by atoms with Gasteiger partial charge in [0, 0.05) is 18.8 Å². The molecule has 0 aromatic heterocycles. The van der Waals surface area contributed by atoms with Crippen molar-refractivity contribution in [2.24, 2.45) is 0 Å². The number of rotatable bonds is 6. The standard InChI is InChI=1S/C24H24N2O2/c27-24-23(28-17-16-26(24)18-19-10-4-1-5-11-19)22(20-12-6-2-7-13-20)25-21-14-8-3-9-15-21/h1-15,22-23,25H,16-18H2/t22-,23+/m1/s1. The lowest BCUT2D eigenvalue weighted by atomic mass is 9.98. The lowest BCUT2D eigenvalue weighted by Gasteiger charge is -2.37. The lowest BCUT2D eigenvalue weighted by Crippen LogP contribution is -2.50. The molecule has 1 N–H and O–H groups in total. The van der Waals surface area contributed by atoms with E-state index in [-0.39, 0.29) is 11.9 Å². The predicted octanol–water partition coefficient (Wildman–Crippen LogP) is 4.27. The zero-order valence-corrected chi connectivity index (χ0v) is 15.7. The van der Waals surface area contributed by atoms with Crippen molar-refractivity contribution in [3.05, 3.63) is 102 Å². The molecule has 3 aromatic rings. The maximum Gasteiger partial charge on any atom is 0.254 e. The maximum absolute atomic E-state index is 13.3. The SMILES string of the molecule is O=C1[C@H]([C@H](Nc2ccccc2)c2ccccc2)OCCN1Cc1ccccc1. The summed E-state index contributed by atoms with van der Waals surface area (Å²) in [5.41, 5.74) is 3.13. The van der Waals surface area contributed by atoms with Gasteiger partial charge in [-0.15, -0.1) is 0 Å². The highest BCUT2D eigenvalue weighted by Gasteiger charge is 2.36. The molecule has 1 aliphatic heterocycles. The molecule has 1 fully saturated rings. The van der Waals surface area contributed by atoms with E-state index in [0.29, 0.717) is 19.7 Å². The Morgan fingerprint density at radius 2 is 1.50 bits per heavy atom. The second-order valence-electron chi connectivity index (χ2n) is 6.94. The smallest absolute Gasteiger partial charge is 0.254 e. The van der Waals surface area contributed by atoms with Crippen molar-refractivity contribution in [2.45, 2.75) is 18.7 Å².